The Labute approximate surface area is 141 Å². The molecule has 0 amide bonds. The third-order valence-electron chi connectivity index (χ3n) is 3.21. The second-order valence-corrected chi connectivity index (χ2v) is 6.36. The number of hydrogen-bond acceptors (Lipinski definition) is 6. The normalized spacial score (nSPS) is 14.5. The van der Waals surface area contributed by atoms with Crippen LogP contribution < -0.4 is 16.0 Å². The summed E-state index contributed by atoms with van der Waals surface area (Å²) in [6.07, 6.45) is 2.31. The lowest BCUT2D eigenvalue weighted by Crippen LogP contribution is -2.22. The van der Waals surface area contributed by atoms with Crippen molar-refractivity contribution in [1.82, 2.24) is 15.0 Å². The van der Waals surface area contributed by atoms with Gasteiger partial charge < -0.3 is 16.0 Å². The van der Waals surface area contributed by atoms with Crippen LogP contribution >= 0.6 is 34.2 Å². The molecule has 110 valence electrons. The molecule has 0 unspecified atom stereocenters. The molecule has 2 heterocycles. The fourth-order valence-corrected chi connectivity index (χ4v) is 3.21. The molecule has 2 aromatic rings. The minimum absolute atomic E-state index is 0.221. The number of benzene rings is 1. The molecule has 0 atom stereocenters. The lowest BCUT2D eigenvalue weighted by Gasteiger charge is -2.16. The van der Waals surface area contributed by atoms with E-state index >= 15 is 0 Å². The van der Waals surface area contributed by atoms with Crippen molar-refractivity contribution in [3.05, 3.63) is 26.8 Å². The Bertz CT molecular complexity index is 659. The minimum Gasteiger partial charge on any atom is -0.368 e. The van der Waals surface area contributed by atoms with Gasteiger partial charge >= 0.3 is 0 Å². The molecule has 3 N–H and O–H groups in total. The minimum atomic E-state index is 0.221. The van der Waals surface area contributed by atoms with Crippen molar-refractivity contribution in [1.29, 1.82) is 0 Å². The number of nitrogens with two attached hydrogens (primary N) is 1. The fraction of sp³-hybridized carbons (Fsp3) is 0.308. The van der Waals surface area contributed by atoms with Crippen LogP contribution in [0.2, 0.25) is 5.02 Å². The molecule has 1 fully saturated rings. The van der Waals surface area contributed by atoms with E-state index in [1.165, 1.54) is 0 Å². The Morgan fingerprint density at radius 3 is 2.67 bits per heavy atom. The standard InChI is InChI=1S/C13H14ClIN6/c14-8-3-4-10(9(15)7-8)17-12-18-11(16)19-13(20-12)21-5-1-2-6-21/h3-4,7H,1-2,5-6H2,(H3,16,17,18,19,20). The van der Waals surface area contributed by atoms with Crippen molar-refractivity contribution in [2.24, 2.45) is 0 Å². The van der Waals surface area contributed by atoms with Crippen molar-refractivity contribution >= 4 is 57.7 Å². The Balaban J connectivity index is 1.87. The summed E-state index contributed by atoms with van der Waals surface area (Å²) < 4.78 is 0.988. The van der Waals surface area contributed by atoms with E-state index < -0.39 is 0 Å². The summed E-state index contributed by atoms with van der Waals surface area (Å²) in [5.41, 5.74) is 6.68. The van der Waals surface area contributed by atoms with Crippen LogP contribution in [-0.4, -0.2) is 28.0 Å². The lowest BCUT2D eigenvalue weighted by atomic mass is 10.3. The van der Waals surface area contributed by atoms with Crippen molar-refractivity contribution in [2.75, 3.05) is 29.0 Å². The average Bonchev–Trinajstić information content (AvgIpc) is 2.95. The molecule has 1 saturated heterocycles. The van der Waals surface area contributed by atoms with Gasteiger partial charge in [0.1, 0.15) is 0 Å². The van der Waals surface area contributed by atoms with E-state index in [2.05, 4.69) is 47.8 Å². The van der Waals surface area contributed by atoms with Gasteiger partial charge in [-0.15, -0.1) is 0 Å². The van der Waals surface area contributed by atoms with Gasteiger partial charge in [0.05, 0.1) is 5.69 Å². The Morgan fingerprint density at radius 2 is 1.95 bits per heavy atom. The maximum absolute atomic E-state index is 5.96. The number of anilines is 4. The van der Waals surface area contributed by atoms with Crippen LogP contribution in [0.15, 0.2) is 18.2 Å². The molecule has 1 aliphatic heterocycles. The first-order valence-corrected chi connectivity index (χ1v) is 8.06. The first-order valence-electron chi connectivity index (χ1n) is 6.60. The molecule has 0 saturated carbocycles. The zero-order chi connectivity index (χ0) is 14.8. The lowest BCUT2D eigenvalue weighted by molar-refractivity contribution is 0.887. The number of halogens is 2. The van der Waals surface area contributed by atoms with Gasteiger partial charge in [0, 0.05) is 21.7 Å². The van der Waals surface area contributed by atoms with Gasteiger partial charge in [0.25, 0.3) is 0 Å². The molecule has 0 bridgehead atoms. The van der Waals surface area contributed by atoms with Gasteiger partial charge in [-0.05, 0) is 53.6 Å². The highest BCUT2D eigenvalue weighted by Gasteiger charge is 2.17. The maximum Gasteiger partial charge on any atom is 0.233 e. The first-order chi connectivity index (χ1) is 10.1. The number of nitrogens with one attached hydrogen (secondary N) is 1. The Kier molecular flexibility index (Phi) is 4.29. The third kappa shape index (κ3) is 3.46. The van der Waals surface area contributed by atoms with Gasteiger partial charge in [-0.25, -0.2) is 0 Å². The molecule has 8 heteroatoms. The topological polar surface area (TPSA) is 80.0 Å². The monoisotopic (exact) mass is 416 g/mol. The Hall–Kier alpha value is -1.35. The van der Waals surface area contributed by atoms with Crippen LogP contribution in [0.5, 0.6) is 0 Å². The van der Waals surface area contributed by atoms with Gasteiger partial charge in [0.15, 0.2) is 0 Å². The Morgan fingerprint density at radius 1 is 1.19 bits per heavy atom. The quantitative estimate of drug-likeness (QED) is 0.749. The first kappa shape index (κ1) is 14.6. The van der Waals surface area contributed by atoms with Crippen molar-refractivity contribution in [2.45, 2.75) is 12.8 Å². The van der Waals surface area contributed by atoms with E-state index in [-0.39, 0.29) is 5.95 Å². The largest absolute Gasteiger partial charge is 0.368 e. The number of nitrogen functional groups attached to an aromatic ring is 1. The van der Waals surface area contributed by atoms with Crippen molar-refractivity contribution in [3.8, 4) is 0 Å². The van der Waals surface area contributed by atoms with Crippen LogP contribution in [-0.2, 0) is 0 Å². The summed E-state index contributed by atoms with van der Waals surface area (Å²) >= 11 is 8.16. The third-order valence-corrected chi connectivity index (χ3v) is 4.34. The zero-order valence-electron chi connectivity index (χ0n) is 11.2. The predicted octanol–water partition coefficient (Wildman–Crippen LogP) is 3.06. The summed E-state index contributed by atoms with van der Waals surface area (Å²) in [5.74, 6) is 1.30. The molecule has 3 rings (SSSR count). The van der Waals surface area contributed by atoms with Crippen molar-refractivity contribution in [3.63, 3.8) is 0 Å². The van der Waals surface area contributed by atoms with Crippen LogP contribution in [0, 0.1) is 3.57 Å². The molecule has 6 nitrogen and oxygen atoms in total. The van der Waals surface area contributed by atoms with Gasteiger partial charge in [0.2, 0.25) is 17.8 Å². The maximum atomic E-state index is 5.96. The molecule has 1 aromatic heterocycles. The number of aromatic nitrogens is 3. The van der Waals surface area contributed by atoms with E-state index in [1.807, 2.05) is 18.2 Å². The average molecular weight is 417 g/mol. The molecule has 0 radical (unpaired) electrons. The van der Waals surface area contributed by atoms with E-state index in [1.54, 1.807) is 0 Å². The summed E-state index contributed by atoms with van der Waals surface area (Å²) in [7, 11) is 0. The SMILES string of the molecule is Nc1nc(Nc2ccc(Cl)cc2I)nc(N2CCCC2)n1. The van der Waals surface area contributed by atoms with Crippen LogP contribution in [0.3, 0.4) is 0 Å². The zero-order valence-corrected chi connectivity index (χ0v) is 14.1. The van der Waals surface area contributed by atoms with Gasteiger partial charge in [-0.1, -0.05) is 11.6 Å². The molecular formula is C13H14ClIN6. The summed E-state index contributed by atoms with van der Waals surface area (Å²) in [6.45, 7) is 1.92. The molecule has 0 spiro atoms. The van der Waals surface area contributed by atoms with E-state index in [0.717, 1.165) is 35.2 Å². The van der Waals surface area contributed by atoms with Crippen molar-refractivity contribution < 1.29 is 0 Å². The number of rotatable bonds is 3. The second-order valence-electron chi connectivity index (χ2n) is 4.76. The number of nitrogens with zero attached hydrogens (tertiary/aromatic N) is 4. The summed E-state index contributed by atoms with van der Waals surface area (Å²) in [4.78, 5) is 14.9. The molecule has 21 heavy (non-hydrogen) atoms. The number of hydrogen-bond donors (Lipinski definition) is 2. The van der Waals surface area contributed by atoms with Crippen LogP contribution in [0.25, 0.3) is 0 Å². The highest BCUT2D eigenvalue weighted by atomic mass is 127. The van der Waals surface area contributed by atoms with Crippen LogP contribution in [0.4, 0.5) is 23.5 Å². The highest BCUT2D eigenvalue weighted by Crippen LogP contribution is 2.25. The van der Waals surface area contributed by atoms with Crippen LogP contribution in [0.1, 0.15) is 12.8 Å². The smallest absolute Gasteiger partial charge is 0.233 e. The summed E-state index contributed by atoms with van der Waals surface area (Å²) in [6, 6.07) is 5.58. The predicted molar refractivity (Wildman–Crippen MR) is 93.1 cm³/mol. The highest BCUT2D eigenvalue weighted by molar-refractivity contribution is 14.1. The van der Waals surface area contributed by atoms with Gasteiger partial charge in [-0.2, -0.15) is 15.0 Å². The van der Waals surface area contributed by atoms with E-state index in [0.29, 0.717) is 16.9 Å². The molecular weight excluding hydrogens is 403 g/mol. The molecule has 1 aromatic carbocycles. The van der Waals surface area contributed by atoms with E-state index in [9.17, 15) is 0 Å². The summed E-state index contributed by atoms with van der Waals surface area (Å²) in [5, 5.41) is 3.86. The molecule has 0 aliphatic carbocycles. The fourth-order valence-electron chi connectivity index (χ4n) is 2.21. The van der Waals surface area contributed by atoms with E-state index in [4.69, 9.17) is 17.3 Å². The van der Waals surface area contributed by atoms with Gasteiger partial charge in [-0.3, -0.25) is 0 Å². The molecule has 1 aliphatic rings. The second kappa shape index (κ2) is 6.18.